The van der Waals surface area contributed by atoms with E-state index in [4.69, 9.17) is 0 Å². The number of nitrogens with one attached hydrogen (secondary N) is 1. The first-order chi connectivity index (χ1) is 10.8. The van der Waals surface area contributed by atoms with Gasteiger partial charge in [0.2, 0.25) is 10.0 Å². The molecule has 0 radical (unpaired) electrons. The fraction of sp³-hybridized carbons (Fsp3) is 0.188. The summed E-state index contributed by atoms with van der Waals surface area (Å²) in [5, 5.41) is 2.49. The van der Waals surface area contributed by atoms with Crippen LogP contribution in [0.4, 0.5) is 10.1 Å². The molecule has 0 bridgehead atoms. The molecule has 0 heterocycles. The lowest BCUT2D eigenvalue weighted by atomic mass is 10.1. The highest BCUT2D eigenvalue weighted by atomic mass is 32.2. The first-order valence-electron chi connectivity index (χ1n) is 6.86. The molecule has 2 aromatic rings. The summed E-state index contributed by atoms with van der Waals surface area (Å²) in [6.07, 6.45) is 1.06. The highest BCUT2D eigenvalue weighted by molar-refractivity contribution is 7.92. The predicted molar refractivity (Wildman–Crippen MR) is 87.3 cm³/mol. The molecule has 7 heteroatoms. The summed E-state index contributed by atoms with van der Waals surface area (Å²) in [6, 6.07) is 12.1. The van der Waals surface area contributed by atoms with E-state index in [-0.39, 0.29) is 18.0 Å². The second-order valence-corrected chi connectivity index (χ2v) is 6.89. The lowest BCUT2D eigenvalue weighted by molar-refractivity contribution is 0.0963. The number of hydrogen-bond acceptors (Lipinski definition) is 3. The monoisotopic (exact) mass is 336 g/mol. The zero-order chi connectivity index (χ0) is 17.0. The van der Waals surface area contributed by atoms with Gasteiger partial charge in [-0.3, -0.25) is 9.10 Å². The van der Waals surface area contributed by atoms with Crippen LogP contribution < -0.4 is 9.62 Å². The lowest BCUT2D eigenvalue weighted by Crippen LogP contribution is -2.29. The molecule has 0 spiro atoms. The van der Waals surface area contributed by atoms with Crippen LogP contribution in [0.15, 0.2) is 48.5 Å². The van der Waals surface area contributed by atoms with E-state index in [1.165, 1.54) is 43.4 Å². The number of anilines is 1. The molecule has 2 aromatic carbocycles. The van der Waals surface area contributed by atoms with Gasteiger partial charge in [0.05, 0.1) is 18.5 Å². The van der Waals surface area contributed by atoms with Crippen LogP contribution in [0.1, 0.15) is 15.9 Å². The standard InChI is InChI=1S/C16H17FN2O3S/c1-18-16(20)12-7-9-14(10-8-12)19(23(2,21)22)11-13-5-3-4-6-15(13)17/h3-10H,11H2,1-2H3,(H,18,20). The van der Waals surface area contributed by atoms with Gasteiger partial charge in [-0.2, -0.15) is 0 Å². The summed E-state index contributed by atoms with van der Waals surface area (Å²) < 4.78 is 39.0. The zero-order valence-electron chi connectivity index (χ0n) is 12.8. The van der Waals surface area contributed by atoms with Crippen LogP contribution in [0.25, 0.3) is 0 Å². The molecule has 0 fully saturated rings. The third kappa shape index (κ3) is 4.07. The SMILES string of the molecule is CNC(=O)c1ccc(N(Cc2ccccc2F)S(C)(=O)=O)cc1. The maximum absolute atomic E-state index is 13.8. The van der Waals surface area contributed by atoms with Crippen molar-refractivity contribution in [3.05, 3.63) is 65.5 Å². The molecule has 0 unspecified atom stereocenters. The Morgan fingerprint density at radius 3 is 2.26 bits per heavy atom. The third-order valence-corrected chi connectivity index (χ3v) is 4.46. The fourth-order valence-corrected chi connectivity index (χ4v) is 2.98. The van der Waals surface area contributed by atoms with Crippen LogP contribution in [-0.2, 0) is 16.6 Å². The zero-order valence-corrected chi connectivity index (χ0v) is 13.6. The molecule has 122 valence electrons. The van der Waals surface area contributed by atoms with E-state index in [0.29, 0.717) is 11.3 Å². The van der Waals surface area contributed by atoms with E-state index in [0.717, 1.165) is 10.6 Å². The molecule has 0 aromatic heterocycles. The van der Waals surface area contributed by atoms with Gasteiger partial charge in [0, 0.05) is 18.2 Å². The normalized spacial score (nSPS) is 11.1. The topological polar surface area (TPSA) is 66.5 Å². The van der Waals surface area contributed by atoms with Gasteiger partial charge in [-0.25, -0.2) is 12.8 Å². The molecule has 1 amide bonds. The number of halogens is 1. The smallest absolute Gasteiger partial charge is 0.251 e. The molecule has 0 atom stereocenters. The Balaban J connectivity index is 2.37. The number of amides is 1. The number of hydrogen-bond donors (Lipinski definition) is 1. The van der Waals surface area contributed by atoms with Crippen molar-refractivity contribution in [2.75, 3.05) is 17.6 Å². The van der Waals surface area contributed by atoms with Gasteiger partial charge in [-0.1, -0.05) is 18.2 Å². The van der Waals surface area contributed by atoms with Crippen LogP contribution in [0, 0.1) is 5.82 Å². The van der Waals surface area contributed by atoms with E-state index in [1.54, 1.807) is 12.1 Å². The summed E-state index contributed by atoms with van der Waals surface area (Å²) in [7, 11) is -2.09. The van der Waals surface area contributed by atoms with Crippen LogP contribution in [-0.4, -0.2) is 27.6 Å². The van der Waals surface area contributed by atoms with Crippen molar-refractivity contribution < 1.29 is 17.6 Å². The Bertz CT molecular complexity index is 804. The molecule has 0 aliphatic rings. The minimum absolute atomic E-state index is 0.120. The van der Waals surface area contributed by atoms with Gasteiger partial charge < -0.3 is 5.32 Å². The number of benzene rings is 2. The molecule has 5 nitrogen and oxygen atoms in total. The molecule has 0 aliphatic heterocycles. The Morgan fingerprint density at radius 1 is 1.13 bits per heavy atom. The molecule has 1 N–H and O–H groups in total. The molecule has 0 saturated heterocycles. The van der Waals surface area contributed by atoms with E-state index < -0.39 is 15.8 Å². The first-order valence-corrected chi connectivity index (χ1v) is 8.71. The van der Waals surface area contributed by atoms with Crippen LogP contribution in [0.2, 0.25) is 0 Å². The minimum atomic E-state index is -3.61. The summed E-state index contributed by atoms with van der Waals surface area (Å²) in [6.45, 7) is -0.120. The summed E-state index contributed by atoms with van der Waals surface area (Å²) in [5.41, 5.74) is 1.05. The second kappa shape index (κ2) is 6.78. The van der Waals surface area contributed by atoms with E-state index in [1.807, 2.05) is 0 Å². The van der Waals surface area contributed by atoms with Crippen LogP contribution in [0.3, 0.4) is 0 Å². The quantitative estimate of drug-likeness (QED) is 0.910. The van der Waals surface area contributed by atoms with Crippen LogP contribution >= 0.6 is 0 Å². The Labute approximate surface area is 134 Å². The summed E-state index contributed by atoms with van der Waals surface area (Å²) in [5.74, 6) is -0.736. The number of carbonyl (C=O) groups excluding carboxylic acids is 1. The molecular weight excluding hydrogens is 319 g/mol. The Morgan fingerprint density at radius 2 is 1.74 bits per heavy atom. The number of sulfonamides is 1. The average Bonchev–Trinajstić information content (AvgIpc) is 2.52. The van der Waals surface area contributed by atoms with Crippen molar-refractivity contribution in [2.24, 2.45) is 0 Å². The van der Waals surface area contributed by atoms with Gasteiger partial charge in [0.1, 0.15) is 5.82 Å². The number of carbonyl (C=O) groups is 1. The van der Waals surface area contributed by atoms with Crippen molar-refractivity contribution >= 4 is 21.6 Å². The predicted octanol–water partition coefficient (Wildman–Crippen LogP) is 2.15. The largest absolute Gasteiger partial charge is 0.355 e. The molecule has 2 rings (SSSR count). The van der Waals surface area contributed by atoms with Crippen LogP contribution in [0.5, 0.6) is 0 Å². The van der Waals surface area contributed by atoms with E-state index in [2.05, 4.69) is 5.32 Å². The fourth-order valence-electron chi connectivity index (χ4n) is 2.10. The Hall–Kier alpha value is -2.41. The molecular formula is C16H17FN2O3S. The maximum Gasteiger partial charge on any atom is 0.251 e. The molecule has 23 heavy (non-hydrogen) atoms. The highest BCUT2D eigenvalue weighted by Crippen LogP contribution is 2.22. The number of rotatable bonds is 5. The van der Waals surface area contributed by atoms with E-state index in [9.17, 15) is 17.6 Å². The molecule has 0 saturated carbocycles. The van der Waals surface area contributed by atoms with Crippen molar-refractivity contribution in [1.29, 1.82) is 0 Å². The summed E-state index contributed by atoms with van der Waals surface area (Å²) >= 11 is 0. The van der Waals surface area contributed by atoms with E-state index >= 15 is 0 Å². The third-order valence-electron chi connectivity index (χ3n) is 3.32. The van der Waals surface area contributed by atoms with Crippen molar-refractivity contribution in [3.63, 3.8) is 0 Å². The van der Waals surface area contributed by atoms with Crippen molar-refractivity contribution in [3.8, 4) is 0 Å². The maximum atomic E-state index is 13.8. The van der Waals surface area contributed by atoms with Gasteiger partial charge in [-0.15, -0.1) is 0 Å². The average molecular weight is 336 g/mol. The van der Waals surface area contributed by atoms with Crippen molar-refractivity contribution in [2.45, 2.75) is 6.54 Å². The number of nitrogens with zero attached hydrogens (tertiary/aromatic N) is 1. The Kier molecular flexibility index (Phi) is 5.00. The first kappa shape index (κ1) is 17.0. The summed E-state index contributed by atoms with van der Waals surface area (Å²) in [4.78, 5) is 11.5. The van der Waals surface area contributed by atoms with Gasteiger partial charge in [0.15, 0.2) is 0 Å². The molecule has 0 aliphatic carbocycles. The second-order valence-electron chi connectivity index (χ2n) is 4.99. The van der Waals surface area contributed by atoms with Crippen molar-refractivity contribution in [1.82, 2.24) is 5.32 Å². The highest BCUT2D eigenvalue weighted by Gasteiger charge is 2.19. The van der Waals surface area contributed by atoms with Gasteiger partial charge in [-0.05, 0) is 30.3 Å². The minimum Gasteiger partial charge on any atom is -0.355 e. The van der Waals surface area contributed by atoms with Gasteiger partial charge in [0.25, 0.3) is 5.91 Å². The van der Waals surface area contributed by atoms with Gasteiger partial charge >= 0.3 is 0 Å². The lowest BCUT2D eigenvalue weighted by Gasteiger charge is -2.23.